The highest BCUT2D eigenvalue weighted by Crippen LogP contribution is 2.17. The predicted molar refractivity (Wildman–Crippen MR) is 104 cm³/mol. The van der Waals surface area contributed by atoms with E-state index in [9.17, 15) is 4.79 Å². The van der Waals surface area contributed by atoms with Gasteiger partial charge in [0.2, 0.25) is 5.91 Å². The van der Waals surface area contributed by atoms with Crippen LogP contribution in [0.4, 0.5) is 0 Å². The van der Waals surface area contributed by atoms with Gasteiger partial charge in [0.1, 0.15) is 5.75 Å². The van der Waals surface area contributed by atoms with Crippen molar-refractivity contribution in [3.8, 4) is 5.75 Å². The molecule has 3 rings (SSSR count). The summed E-state index contributed by atoms with van der Waals surface area (Å²) in [4.78, 5) is 19.5. The lowest BCUT2D eigenvalue weighted by Gasteiger charge is -2.38. The van der Waals surface area contributed by atoms with Crippen molar-refractivity contribution in [3.63, 3.8) is 0 Å². The Morgan fingerprint density at radius 2 is 1.77 bits per heavy atom. The van der Waals surface area contributed by atoms with Crippen molar-refractivity contribution in [2.24, 2.45) is 0 Å². The summed E-state index contributed by atoms with van der Waals surface area (Å²) < 4.78 is 5.76. The number of ether oxygens (including phenoxy) is 1. The molecule has 2 saturated heterocycles. The van der Waals surface area contributed by atoms with Crippen molar-refractivity contribution in [2.75, 3.05) is 52.4 Å². The van der Waals surface area contributed by atoms with Crippen LogP contribution >= 0.6 is 0 Å². The van der Waals surface area contributed by atoms with Crippen molar-refractivity contribution in [1.29, 1.82) is 0 Å². The summed E-state index contributed by atoms with van der Waals surface area (Å²) in [5, 5.41) is 0. The maximum Gasteiger partial charge on any atom is 0.236 e. The molecule has 1 aromatic rings. The highest BCUT2D eigenvalue weighted by Gasteiger charge is 2.26. The zero-order chi connectivity index (χ0) is 18.2. The van der Waals surface area contributed by atoms with Gasteiger partial charge in [-0.05, 0) is 44.7 Å². The van der Waals surface area contributed by atoms with E-state index in [4.69, 9.17) is 4.74 Å². The molecule has 0 aromatic heterocycles. The Labute approximate surface area is 157 Å². The van der Waals surface area contributed by atoms with Crippen molar-refractivity contribution in [1.82, 2.24) is 14.7 Å². The van der Waals surface area contributed by atoms with E-state index in [0.29, 0.717) is 18.5 Å². The van der Waals surface area contributed by atoms with Gasteiger partial charge in [0.25, 0.3) is 0 Å². The van der Waals surface area contributed by atoms with Crippen LogP contribution in [0.5, 0.6) is 5.75 Å². The van der Waals surface area contributed by atoms with Crippen LogP contribution in [0, 0.1) is 0 Å². The Bertz CT molecular complexity index is 543. The largest absolute Gasteiger partial charge is 0.494 e. The molecule has 1 unspecified atom stereocenters. The van der Waals surface area contributed by atoms with Crippen molar-refractivity contribution in [3.05, 3.63) is 30.3 Å². The SMILES string of the molecule is CC1CCCCN1C(=O)CN1CCN(CCCOc2ccccc2)CC1. The number of carbonyl (C=O) groups is 1. The van der Waals surface area contributed by atoms with Crippen LogP contribution in [0.15, 0.2) is 30.3 Å². The smallest absolute Gasteiger partial charge is 0.236 e. The Hall–Kier alpha value is -1.59. The first-order chi connectivity index (χ1) is 12.7. The van der Waals surface area contributed by atoms with E-state index in [1.165, 1.54) is 6.42 Å². The number of hydrogen-bond acceptors (Lipinski definition) is 4. The minimum absolute atomic E-state index is 0.321. The molecule has 0 radical (unpaired) electrons. The van der Waals surface area contributed by atoms with Gasteiger partial charge in [-0.3, -0.25) is 9.69 Å². The molecule has 2 aliphatic rings. The molecule has 0 spiro atoms. The zero-order valence-corrected chi connectivity index (χ0v) is 16.1. The number of benzene rings is 1. The van der Waals surface area contributed by atoms with E-state index in [-0.39, 0.29) is 0 Å². The second-order valence-corrected chi connectivity index (χ2v) is 7.56. The molecule has 1 aromatic carbocycles. The van der Waals surface area contributed by atoms with E-state index >= 15 is 0 Å². The molecule has 1 atom stereocenters. The summed E-state index contributed by atoms with van der Waals surface area (Å²) in [6.45, 7) is 9.64. The molecular weight excluding hydrogens is 326 g/mol. The summed E-state index contributed by atoms with van der Waals surface area (Å²) in [5.41, 5.74) is 0. The molecule has 0 saturated carbocycles. The molecule has 26 heavy (non-hydrogen) atoms. The molecule has 2 fully saturated rings. The number of para-hydroxylation sites is 1. The van der Waals surface area contributed by atoms with Gasteiger partial charge in [0.15, 0.2) is 0 Å². The van der Waals surface area contributed by atoms with Crippen LogP contribution in [0.1, 0.15) is 32.6 Å². The average molecular weight is 360 g/mol. The second kappa shape index (κ2) is 9.93. The van der Waals surface area contributed by atoms with E-state index < -0.39 is 0 Å². The number of hydrogen-bond donors (Lipinski definition) is 0. The monoisotopic (exact) mass is 359 g/mol. The lowest BCUT2D eigenvalue weighted by molar-refractivity contribution is -0.136. The molecule has 0 aliphatic carbocycles. The first kappa shape index (κ1) is 19.2. The third-order valence-corrected chi connectivity index (χ3v) is 5.58. The van der Waals surface area contributed by atoms with Gasteiger partial charge < -0.3 is 14.5 Å². The second-order valence-electron chi connectivity index (χ2n) is 7.56. The predicted octanol–water partition coefficient (Wildman–Crippen LogP) is 2.47. The van der Waals surface area contributed by atoms with E-state index in [1.54, 1.807) is 0 Å². The van der Waals surface area contributed by atoms with Gasteiger partial charge in [-0.1, -0.05) is 18.2 Å². The molecule has 144 valence electrons. The van der Waals surface area contributed by atoms with Crippen LogP contribution in [-0.4, -0.2) is 79.1 Å². The fourth-order valence-electron chi connectivity index (χ4n) is 3.92. The minimum atomic E-state index is 0.321. The lowest BCUT2D eigenvalue weighted by atomic mass is 10.0. The van der Waals surface area contributed by atoms with Crippen LogP contribution in [0.3, 0.4) is 0 Å². The van der Waals surface area contributed by atoms with Gasteiger partial charge in [0, 0.05) is 45.3 Å². The average Bonchev–Trinajstić information content (AvgIpc) is 2.67. The van der Waals surface area contributed by atoms with Crippen LogP contribution in [-0.2, 0) is 4.79 Å². The van der Waals surface area contributed by atoms with E-state index in [1.807, 2.05) is 30.3 Å². The topological polar surface area (TPSA) is 36.0 Å². The highest BCUT2D eigenvalue weighted by atomic mass is 16.5. The Morgan fingerprint density at radius 3 is 2.50 bits per heavy atom. The number of rotatable bonds is 7. The summed E-state index contributed by atoms with van der Waals surface area (Å²) in [5.74, 6) is 1.27. The summed E-state index contributed by atoms with van der Waals surface area (Å²) in [6, 6.07) is 10.4. The van der Waals surface area contributed by atoms with Gasteiger partial charge >= 0.3 is 0 Å². The fraction of sp³-hybridized carbons (Fsp3) is 0.667. The summed E-state index contributed by atoms with van der Waals surface area (Å²) in [7, 11) is 0. The molecular formula is C21H33N3O2. The third kappa shape index (κ3) is 5.71. The van der Waals surface area contributed by atoms with Crippen LogP contribution < -0.4 is 4.74 Å². The third-order valence-electron chi connectivity index (χ3n) is 5.58. The van der Waals surface area contributed by atoms with Gasteiger partial charge in [-0.2, -0.15) is 0 Å². The van der Waals surface area contributed by atoms with E-state index in [2.05, 4.69) is 21.6 Å². The summed E-state index contributed by atoms with van der Waals surface area (Å²) >= 11 is 0. The molecule has 0 N–H and O–H groups in total. The first-order valence-corrected chi connectivity index (χ1v) is 10.1. The number of nitrogens with zero attached hydrogens (tertiary/aromatic N) is 3. The maximum absolute atomic E-state index is 12.6. The molecule has 5 nitrogen and oxygen atoms in total. The molecule has 0 bridgehead atoms. The number of carbonyl (C=O) groups excluding carboxylic acids is 1. The van der Waals surface area contributed by atoms with Gasteiger partial charge in [-0.15, -0.1) is 0 Å². The number of amides is 1. The van der Waals surface area contributed by atoms with E-state index in [0.717, 1.165) is 70.9 Å². The highest BCUT2D eigenvalue weighted by molar-refractivity contribution is 5.78. The Balaban J connectivity index is 1.29. The Kier molecular flexibility index (Phi) is 7.32. The van der Waals surface area contributed by atoms with Crippen molar-refractivity contribution >= 4 is 5.91 Å². The number of likely N-dealkylation sites (tertiary alicyclic amines) is 1. The molecule has 2 heterocycles. The van der Waals surface area contributed by atoms with Gasteiger partial charge in [0.05, 0.1) is 13.2 Å². The van der Waals surface area contributed by atoms with Crippen molar-refractivity contribution < 1.29 is 9.53 Å². The lowest BCUT2D eigenvalue weighted by Crippen LogP contribution is -2.52. The maximum atomic E-state index is 12.6. The van der Waals surface area contributed by atoms with Crippen LogP contribution in [0.25, 0.3) is 0 Å². The molecule has 5 heteroatoms. The standard InChI is InChI=1S/C21H33N3O2/c1-19-8-5-6-12-24(19)21(25)18-23-15-13-22(14-16-23)11-7-17-26-20-9-3-2-4-10-20/h2-4,9-10,19H,5-8,11-18H2,1H3. The molecule has 2 aliphatic heterocycles. The normalized spacial score (nSPS) is 22.3. The quantitative estimate of drug-likeness (QED) is 0.701. The van der Waals surface area contributed by atoms with Crippen LogP contribution in [0.2, 0.25) is 0 Å². The number of piperidine rings is 1. The van der Waals surface area contributed by atoms with Gasteiger partial charge in [-0.25, -0.2) is 0 Å². The van der Waals surface area contributed by atoms with Crippen molar-refractivity contribution in [2.45, 2.75) is 38.6 Å². The summed E-state index contributed by atoms with van der Waals surface area (Å²) in [6.07, 6.45) is 4.62. The minimum Gasteiger partial charge on any atom is -0.494 e. The molecule has 1 amide bonds. The zero-order valence-electron chi connectivity index (χ0n) is 16.1. The first-order valence-electron chi connectivity index (χ1n) is 10.1. The number of piperazine rings is 1. The Morgan fingerprint density at radius 1 is 1.04 bits per heavy atom. The fourth-order valence-corrected chi connectivity index (χ4v) is 3.92.